The number of allylic oxidation sites excluding steroid dienone is 1. The highest BCUT2D eigenvalue weighted by molar-refractivity contribution is 8.03. The van der Waals surface area contributed by atoms with E-state index < -0.39 is 5.97 Å². The van der Waals surface area contributed by atoms with Crippen LogP contribution in [-0.4, -0.2) is 31.0 Å². The molecule has 0 aliphatic heterocycles. The van der Waals surface area contributed by atoms with Crippen molar-refractivity contribution in [3.63, 3.8) is 0 Å². The summed E-state index contributed by atoms with van der Waals surface area (Å²) in [6, 6.07) is 0. The highest BCUT2D eigenvalue weighted by Crippen LogP contribution is 2.17. The van der Waals surface area contributed by atoms with Crippen molar-refractivity contribution in [2.24, 2.45) is 0 Å². The molecule has 1 amide bonds. The molecule has 15 heavy (non-hydrogen) atoms. The Morgan fingerprint density at radius 1 is 1.60 bits per heavy atom. The van der Waals surface area contributed by atoms with E-state index in [1.165, 1.54) is 24.9 Å². The van der Waals surface area contributed by atoms with Gasteiger partial charge in [-0.05, 0) is 12.3 Å². The summed E-state index contributed by atoms with van der Waals surface area (Å²) in [5.41, 5.74) is 0.341. The lowest BCUT2D eigenvalue weighted by molar-refractivity contribution is -0.135. The van der Waals surface area contributed by atoms with E-state index in [-0.39, 0.29) is 11.7 Å². The number of hydrogen-bond acceptors (Lipinski definition) is 5. The van der Waals surface area contributed by atoms with Crippen molar-refractivity contribution in [2.45, 2.75) is 0 Å². The normalized spacial score (nSPS) is 11.4. The molecule has 0 aromatic rings. The van der Waals surface area contributed by atoms with Gasteiger partial charge in [0, 0.05) is 0 Å². The molecule has 0 bridgehead atoms. The summed E-state index contributed by atoms with van der Waals surface area (Å²) in [5, 5.41) is 2.51. The van der Waals surface area contributed by atoms with E-state index in [2.05, 4.69) is 29.3 Å². The second-order valence-electron chi connectivity index (χ2n) is 2.35. The first-order valence-corrected chi connectivity index (χ1v) is 5.86. The standard InChI is InChI=1S/C9H13NO3S2/c1-4-6(10-7(11)5-14)8(15-3)9(12)13-2/h4,14H,1,5H2,2-3H3,(H,10,11)/b8-6+. The van der Waals surface area contributed by atoms with E-state index in [1.54, 1.807) is 6.26 Å². The van der Waals surface area contributed by atoms with Crippen molar-refractivity contribution in [3.8, 4) is 0 Å². The summed E-state index contributed by atoms with van der Waals surface area (Å²) in [7, 11) is 1.28. The fraction of sp³-hybridized carbons (Fsp3) is 0.333. The van der Waals surface area contributed by atoms with Gasteiger partial charge in [-0.3, -0.25) is 4.79 Å². The number of nitrogens with one attached hydrogen (secondary N) is 1. The molecule has 0 rings (SSSR count). The number of thiol groups is 1. The van der Waals surface area contributed by atoms with Gasteiger partial charge in [-0.25, -0.2) is 4.79 Å². The van der Waals surface area contributed by atoms with Crippen molar-refractivity contribution in [3.05, 3.63) is 23.3 Å². The van der Waals surface area contributed by atoms with Crippen LogP contribution < -0.4 is 5.32 Å². The van der Waals surface area contributed by atoms with Gasteiger partial charge in [0.1, 0.15) is 4.91 Å². The van der Waals surface area contributed by atoms with Gasteiger partial charge in [0.15, 0.2) is 0 Å². The van der Waals surface area contributed by atoms with Gasteiger partial charge in [-0.1, -0.05) is 6.58 Å². The maximum atomic E-state index is 11.3. The number of amides is 1. The summed E-state index contributed by atoms with van der Waals surface area (Å²) in [6.45, 7) is 3.52. The van der Waals surface area contributed by atoms with Crippen LogP contribution in [-0.2, 0) is 14.3 Å². The first-order chi connectivity index (χ1) is 7.10. The van der Waals surface area contributed by atoms with Gasteiger partial charge >= 0.3 is 5.97 Å². The van der Waals surface area contributed by atoms with Gasteiger partial charge in [-0.15, -0.1) is 11.8 Å². The second-order valence-corrected chi connectivity index (χ2v) is 3.48. The smallest absolute Gasteiger partial charge is 0.346 e. The van der Waals surface area contributed by atoms with Crippen molar-refractivity contribution in [2.75, 3.05) is 19.1 Å². The number of methoxy groups -OCH3 is 1. The van der Waals surface area contributed by atoms with Crippen LogP contribution >= 0.6 is 24.4 Å². The van der Waals surface area contributed by atoms with Crippen LogP contribution in [0.5, 0.6) is 0 Å². The first-order valence-electron chi connectivity index (χ1n) is 4.00. The third-order valence-electron chi connectivity index (χ3n) is 1.44. The molecule has 0 radical (unpaired) electrons. The minimum Gasteiger partial charge on any atom is -0.465 e. The highest BCUT2D eigenvalue weighted by Gasteiger charge is 2.14. The summed E-state index contributed by atoms with van der Waals surface area (Å²) in [6.07, 6.45) is 3.10. The predicted molar refractivity (Wildman–Crippen MR) is 64.7 cm³/mol. The molecule has 0 saturated heterocycles. The number of thioether (sulfide) groups is 1. The highest BCUT2D eigenvalue weighted by atomic mass is 32.2. The first kappa shape index (κ1) is 14.1. The zero-order chi connectivity index (χ0) is 11.8. The average Bonchev–Trinajstić information content (AvgIpc) is 2.27. The molecule has 0 aromatic carbocycles. The topological polar surface area (TPSA) is 55.4 Å². The van der Waals surface area contributed by atoms with E-state index in [1.807, 2.05) is 0 Å². The van der Waals surface area contributed by atoms with Crippen LogP contribution in [0.4, 0.5) is 0 Å². The molecule has 0 aliphatic rings. The Labute approximate surface area is 98.5 Å². The zero-order valence-electron chi connectivity index (χ0n) is 8.57. The second kappa shape index (κ2) is 7.42. The molecule has 1 N–H and O–H groups in total. The lowest BCUT2D eigenvalue weighted by atomic mass is 10.3. The van der Waals surface area contributed by atoms with Crippen molar-refractivity contribution >= 4 is 36.3 Å². The molecule has 0 atom stereocenters. The van der Waals surface area contributed by atoms with Crippen molar-refractivity contribution < 1.29 is 14.3 Å². The predicted octanol–water partition coefficient (Wildman–Crippen LogP) is 0.966. The summed E-state index contributed by atoms with van der Waals surface area (Å²) >= 11 is 4.99. The van der Waals surface area contributed by atoms with Crippen molar-refractivity contribution in [1.29, 1.82) is 0 Å². The Hall–Kier alpha value is -0.880. The SMILES string of the molecule is C=C/C(NC(=O)CS)=C(\SC)C(=O)OC. The van der Waals surface area contributed by atoms with Gasteiger partial charge < -0.3 is 10.1 Å². The molecule has 0 heterocycles. The van der Waals surface area contributed by atoms with Crippen LogP contribution in [0.15, 0.2) is 23.3 Å². The van der Waals surface area contributed by atoms with E-state index in [4.69, 9.17) is 0 Å². The minimum atomic E-state index is -0.503. The molecule has 0 spiro atoms. The quantitative estimate of drug-likeness (QED) is 0.329. The Morgan fingerprint density at radius 3 is 2.53 bits per heavy atom. The summed E-state index contributed by atoms with van der Waals surface area (Å²) in [5.74, 6) is -0.763. The fourth-order valence-electron chi connectivity index (χ4n) is 0.786. The Balaban J connectivity index is 4.98. The molecule has 0 aliphatic carbocycles. The molecule has 4 nitrogen and oxygen atoms in total. The molecular weight excluding hydrogens is 234 g/mol. The Kier molecular flexibility index (Phi) is 6.98. The summed E-state index contributed by atoms with van der Waals surface area (Å²) < 4.78 is 4.57. The average molecular weight is 247 g/mol. The molecular formula is C9H13NO3S2. The number of esters is 1. The van der Waals surface area contributed by atoms with Gasteiger partial charge in [0.05, 0.1) is 18.6 Å². The van der Waals surface area contributed by atoms with Crippen LogP contribution in [0.1, 0.15) is 0 Å². The molecule has 0 fully saturated rings. The number of rotatable bonds is 5. The van der Waals surface area contributed by atoms with Crippen molar-refractivity contribution in [1.82, 2.24) is 5.32 Å². The Morgan fingerprint density at radius 2 is 2.20 bits per heavy atom. The van der Waals surface area contributed by atoms with Crippen LogP contribution in [0.3, 0.4) is 0 Å². The number of carbonyl (C=O) groups is 2. The third kappa shape index (κ3) is 4.44. The summed E-state index contributed by atoms with van der Waals surface area (Å²) in [4.78, 5) is 22.7. The molecule has 0 unspecified atom stereocenters. The van der Waals surface area contributed by atoms with E-state index in [0.717, 1.165) is 0 Å². The molecule has 0 aromatic heterocycles. The monoisotopic (exact) mass is 247 g/mol. The van der Waals surface area contributed by atoms with E-state index in [9.17, 15) is 9.59 Å². The van der Waals surface area contributed by atoms with Crippen LogP contribution in [0.25, 0.3) is 0 Å². The van der Waals surface area contributed by atoms with Gasteiger partial charge in [0.2, 0.25) is 5.91 Å². The van der Waals surface area contributed by atoms with E-state index >= 15 is 0 Å². The maximum absolute atomic E-state index is 11.3. The van der Waals surface area contributed by atoms with Crippen LogP contribution in [0, 0.1) is 0 Å². The van der Waals surface area contributed by atoms with E-state index in [0.29, 0.717) is 10.6 Å². The fourth-order valence-corrected chi connectivity index (χ4v) is 1.47. The zero-order valence-corrected chi connectivity index (χ0v) is 10.3. The minimum absolute atomic E-state index is 0.0418. The van der Waals surface area contributed by atoms with Gasteiger partial charge in [-0.2, -0.15) is 12.6 Å². The lowest BCUT2D eigenvalue weighted by Gasteiger charge is -2.09. The number of carbonyl (C=O) groups excluding carboxylic acids is 2. The molecule has 6 heteroatoms. The number of ether oxygens (including phenoxy) is 1. The van der Waals surface area contributed by atoms with Gasteiger partial charge in [0.25, 0.3) is 0 Å². The molecule has 84 valence electrons. The maximum Gasteiger partial charge on any atom is 0.346 e. The Bertz CT molecular complexity index is 300. The largest absolute Gasteiger partial charge is 0.465 e. The van der Waals surface area contributed by atoms with Crippen LogP contribution in [0.2, 0.25) is 0 Å². The third-order valence-corrected chi connectivity index (χ3v) is 2.52. The lowest BCUT2D eigenvalue weighted by Crippen LogP contribution is -2.25. The number of hydrogen-bond donors (Lipinski definition) is 2. The molecule has 0 saturated carbocycles.